The molecular weight excluding hydrogens is 275 g/mol. The Labute approximate surface area is 122 Å². The average molecular weight is 294 g/mol. The smallest absolute Gasteiger partial charge is 0.338 e. The summed E-state index contributed by atoms with van der Waals surface area (Å²) in [6.07, 6.45) is 4.16. The van der Waals surface area contributed by atoms with Crippen molar-refractivity contribution in [2.75, 3.05) is 5.32 Å². The Morgan fingerprint density at radius 3 is 2.76 bits per heavy atom. The first-order valence-electron chi connectivity index (χ1n) is 7.06. The van der Waals surface area contributed by atoms with Crippen LogP contribution in [0.2, 0.25) is 0 Å². The van der Waals surface area contributed by atoms with E-state index < -0.39 is 23.4 Å². The van der Waals surface area contributed by atoms with Gasteiger partial charge in [0.05, 0.1) is 5.56 Å². The summed E-state index contributed by atoms with van der Waals surface area (Å²) in [5, 5.41) is 14.3. The second-order valence-electron chi connectivity index (χ2n) is 5.57. The number of nitrogens with one attached hydrogen (secondary N) is 2. The minimum Gasteiger partial charge on any atom is -0.478 e. The molecule has 0 bridgehead atoms. The second kappa shape index (κ2) is 6.56. The number of carboxylic acids is 1. The highest BCUT2D eigenvalue weighted by atomic mass is 19.1. The van der Waals surface area contributed by atoms with Crippen molar-refractivity contribution in [2.24, 2.45) is 5.92 Å². The van der Waals surface area contributed by atoms with Crippen molar-refractivity contribution in [3.05, 3.63) is 29.6 Å². The van der Waals surface area contributed by atoms with Gasteiger partial charge in [0.1, 0.15) is 5.82 Å². The topological polar surface area (TPSA) is 78.4 Å². The van der Waals surface area contributed by atoms with Gasteiger partial charge in [0, 0.05) is 11.7 Å². The van der Waals surface area contributed by atoms with Gasteiger partial charge in [0.15, 0.2) is 0 Å². The number of carbonyl (C=O) groups excluding carboxylic acids is 1. The third kappa shape index (κ3) is 4.18. The summed E-state index contributed by atoms with van der Waals surface area (Å²) in [5.74, 6) is -1.60. The maximum atomic E-state index is 13.3. The third-order valence-electron chi connectivity index (χ3n) is 3.73. The number of rotatable bonds is 3. The van der Waals surface area contributed by atoms with Crippen LogP contribution in [0.3, 0.4) is 0 Å². The van der Waals surface area contributed by atoms with Gasteiger partial charge in [-0.05, 0) is 37.0 Å². The predicted molar refractivity (Wildman–Crippen MR) is 76.9 cm³/mol. The van der Waals surface area contributed by atoms with E-state index in [1.54, 1.807) is 0 Å². The normalized spacial score (nSPS) is 21.6. The highest BCUT2D eigenvalue weighted by molar-refractivity contribution is 5.93. The lowest BCUT2D eigenvalue weighted by molar-refractivity contribution is 0.0692. The minimum atomic E-state index is -1.36. The summed E-state index contributed by atoms with van der Waals surface area (Å²) >= 11 is 0. The van der Waals surface area contributed by atoms with Crippen LogP contribution in [0.1, 0.15) is 43.0 Å². The fourth-order valence-corrected chi connectivity index (χ4v) is 2.68. The highest BCUT2D eigenvalue weighted by Crippen LogP contribution is 2.23. The zero-order valence-electron chi connectivity index (χ0n) is 11.9. The lowest BCUT2D eigenvalue weighted by Crippen LogP contribution is -2.40. The third-order valence-corrected chi connectivity index (χ3v) is 3.73. The van der Waals surface area contributed by atoms with E-state index in [2.05, 4.69) is 17.6 Å². The fourth-order valence-electron chi connectivity index (χ4n) is 2.68. The van der Waals surface area contributed by atoms with E-state index in [0.29, 0.717) is 5.92 Å². The quantitative estimate of drug-likeness (QED) is 0.801. The summed E-state index contributed by atoms with van der Waals surface area (Å²) in [5.41, 5.74) is -0.200. The van der Waals surface area contributed by atoms with Gasteiger partial charge < -0.3 is 15.7 Å². The molecular formula is C15H19FN2O3. The van der Waals surface area contributed by atoms with Crippen molar-refractivity contribution < 1.29 is 19.1 Å². The van der Waals surface area contributed by atoms with Crippen LogP contribution in [0, 0.1) is 11.7 Å². The van der Waals surface area contributed by atoms with Crippen molar-refractivity contribution in [3.63, 3.8) is 0 Å². The van der Waals surface area contributed by atoms with Gasteiger partial charge in [-0.3, -0.25) is 0 Å². The van der Waals surface area contributed by atoms with Gasteiger partial charge in [-0.25, -0.2) is 14.0 Å². The van der Waals surface area contributed by atoms with Crippen molar-refractivity contribution in [2.45, 2.75) is 38.6 Å². The van der Waals surface area contributed by atoms with Gasteiger partial charge in [-0.1, -0.05) is 19.8 Å². The molecule has 1 saturated carbocycles. The summed E-state index contributed by atoms with van der Waals surface area (Å²) < 4.78 is 13.3. The molecule has 0 aromatic heterocycles. The lowest BCUT2D eigenvalue weighted by atomic mass is 9.87. The molecule has 0 spiro atoms. The first-order chi connectivity index (χ1) is 9.95. The molecule has 3 N–H and O–H groups in total. The molecule has 2 rings (SSSR count). The van der Waals surface area contributed by atoms with E-state index in [1.807, 2.05) is 0 Å². The van der Waals surface area contributed by atoms with Gasteiger partial charge in [0.2, 0.25) is 0 Å². The van der Waals surface area contributed by atoms with Crippen LogP contribution in [-0.4, -0.2) is 23.1 Å². The van der Waals surface area contributed by atoms with E-state index in [4.69, 9.17) is 5.11 Å². The zero-order chi connectivity index (χ0) is 15.4. The Kier molecular flexibility index (Phi) is 4.77. The van der Waals surface area contributed by atoms with E-state index in [-0.39, 0.29) is 11.7 Å². The number of hydrogen-bond donors (Lipinski definition) is 3. The molecule has 1 fully saturated rings. The fraction of sp³-hybridized carbons (Fsp3) is 0.467. The van der Waals surface area contributed by atoms with Gasteiger partial charge in [-0.2, -0.15) is 0 Å². The Balaban J connectivity index is 1.96. The van der Waals surface area contributed by atoms with Crippen molar-refractivity contribution in [3.8, 4) is 0 Å². The van der Waals surface area contributed by atoms with Crippen molar-refractivity contribution in [1.82, 2.24) is 5.32 Å². The number of benzene rings is 1. The Morgan fingerprint density at radius 2 is 2.10 bits per heavy atom. The number of urea groups is 1. The summed E-state index contributed by atoms with van der Waals surface area (Å²) in [6, 6.07) is 3.22. The SMILES string of the molecule is CC1CCCC(NC(=O)Nc2ccc(F)c(C(=O)O)c2)C1. The molecule has 1 aromatic carbocycles. The molecule has 2 unspecified atom stereocenters. The van der Waals surface area contributed by atoms with Crippen LogP contribution < -0.4 is 10.6 Å². The Morgan fingerprint density at radius 1 is 1.33 bits per heavy atom. The van der Waals surface area contributed by atoms with E-state index >= 15 is 0 Å². The summed E-state index contributed by atoms with van der Waals surface area (Å²) in [7, 11) is 0. The molecule has 0 radical (unpaired) electrons. The molecule has 21 heavy (non-hydrogen) atoms. The monoisotopic (exact) mass is 294 g/mol. The van der Waals surface area contributed by atoms with Crippen LogP contribution in [0.25, 0.3) is 0 Å². The number of carboxylic acid groups (broad SMARTS) is 1. The molecule has 5 nitrogen and oxygen atoms in total. The molecule has 0 aliphatic heterocycles. The number of hydrogen-bond acceptors (Lipinski definition) is 2. The number of anilines is 1. The number of aromatic carboxylic acids is 1. The molecule has 0 heterocycles. The average Bonchev–Trinajstić information content (AvgIpc) is 2.40. The Hall–Kier alpha value is -2.11. The standard InChI is InChI=1S/C15H19FN2O3/c1-9-3-2-4-10(7-9)17-15(21)18-11-5-6-13(16)12(8-11)14(19)20/h5-6,8-10H,2-4,7H2,1H3,(H,19,20)(H2,17,18,21). The van der Waals surface area contributed by atoms with Crippen molar-refractivity contribution >= 4 is 17.7 Å². The lowest BCUT2D eigenvalue weighted by Gasteiger charge is -2.27. The number of halogens is 1. The van der Waals surface area contributed by atoms with E-state index in [0.717, 1.165) is 31.4 Å². The minimum absolute atomic E-state index is 0.133. The molecule has 2 atom stereocenters. The molecule has 0 saturated heterocycles. The highest BCUT2D eigenvalue weighted by Gasteiger charge is 2.20. The van der Waals surface area contributed by atoms with Crippen LogP contribution in [0.5, 0.6) is 0 Å². The van der Waals surface area contributed by atoms with Gasteiger partial charge in [-0.15, -0.1) is 0 Å². The van der Waals surface area contributed by atoms with Crippen LogP contribution >= 0.6 is 0 Å². The molecule has 1 aliphatic carbocycles. The van der Waals surface area contributed by atoms with Crippen LogP contribution in [0.4, 0.5) is 14.9 Å². The first kappa shape index (κ1) is 15.3. The first-order valence-corrected chi connectivity index (χ1v) is 7.06. The molecule has 114 valence electrons. The van der Waals surface area contributed by atoms with Crippen LogP contribution in [0.15, 0.2) is 18.2 Å². The molecule has 1 aliphatic rings. The van der Waals surface area contributed by atoms with Crippen molar-refractivity contribution in [1.29, 1.82) is 0 Å². The molecule has 2 amide bonds. The second-order valence-corrected chi connectivity index (χ2v) is 5.57. The van der Waals surface area contributed by atoms with Gasteiger partial charge in [0.25, 0.3) is 0 Å². The van der Waals surface area contributed by atoms with E-state index in [9.17, 15) is 14.0 Å². The zero-order valence-corrected chi connectivity index (χ0v) is 11.9. The number of carbonyl (C=O) groups is 2. The van der Waals surface area contributed by atoms with Crippen LogP contribution in [-0.2, 0) is 0 Å². The number of amides is 2. The van der Waals surface area contributed by atoms with Gasteiger partial charge >= 0.3 is 12.0 Å². The largest absolute Gasteiger partial charge is 0.478 e. The predicted octanol–water partition coefficient (Wildman–Crippen LogP) is 3.22. The molecule has 6 heteroatoms. The maximum absolute atomic E-state index is 13.3. The van der Waals surface area contributed by atoms with E-state index in [1.165, 1.54) is 12.5 Å². The summed E-state index contributed by atoms with van der Waals surface area (Å²) in [6.45, 7) is 2.16. The molecule has 1 aromatic rings. The summed E-state index contributed by atoms with van der Waals surface area (Å²) in [4.78, 5) is 22.7. The Bertz CT molecular complexity index is 548. The maximum Gasteiger partial charge on any atom is 0.338 e.